The standard InChI is InChI=1S/C30H33Cl2N3O/c31-28-6-3-7-29(32)27(28)21-34-15-13-25(14-16-34)30(36)33-18-22-8-10-23(11-9-22)19-35-17-12-24-4-1-2-5-26(24)20-35/h1-11,25H,12-21H2,(H,33,36). The van der Waals surface area contributed by atoms with Crippen LogP contribution < -0.4 is 5.32 Å². The highest BCUT2D eigenvalue weighted by Gasteiger charge is 2.25. The Bertz CT molecular complexity index is 1170. The SMILES string of the molecule is O=C(NCc1ccc(CN2CCc3ccccc3C2)cc1)C1CCN(Cc2c(Cl)cccc2Cl)CC1. The number of piperidine rings is 1. The molecule has 2 aliphatic rings. The summed E-state index contributed by atoms with van der Waals surface area (Å²) in [4.78, 5) is 17.6. The summed E-state index contributed by atoms with van der Waals surface area (Å²) in [5, 5.41) is 4.56. The van der Waals surface area contributed by atoms with E-state index in [1.54, 1.807) is 0 Å². The Morgan fingerprint density at radius 2 is 1.44 bits per heavy atom. The average Bonchev–Trinajstić information content (AvgIpc) is 2.90. The maximum Gasteiger partial charge on any atom is 0.223 e. The molecule has 6 heteroatoms. The number of amides is 1. The second-order valence-electron chi connectivity index (χ2n) is 10.0. The van der Waals surface area contributed by atoms with Crippen molar-refractivity contribution in [2.45, 2.75) is 45.4 Å². The van der Waals surface area contributed by atoms with Crippen LogP contribution >= 0.6 is 23.2 Å². The van der Waals surface area contributed by atoms with Crippen molar-refractivity contribution >= 4 is 29.1 Å². The van der Waals surface area contributed by atoms with Crippen LogP contribution in [0.4, 0.5) is 0 Å². The van der Waals surface area contributed by atoms with Gasteiger partial charge in [0.2, 0.25) is 5.91 Å². The number of nitrogens with zero attached hydrogens (tertiary/aromatic N) is 2. The van der Waals surface area contributed by atoms with Gasteiger partial charge < -0.3 is 5.32 Å². The van der Waals surface area contributed by atoms with Crippen molar-refractivity contribution in [1.82, 2.24) is 15.1 Å². The molecule has 2 heterocycles. The molecule has 4 nitrogen and oxygen atoms in total. The number of carbonyl (C=O) groups excluding carboxylic acids is 1. The maximum atomic E-state index is 12.8. The molecule has 188 valence electrons. The third kappa shape index (κ3) is 6.30. The van der Waals surface area contributed by atoms with Crippen LogP contribution in [-0.2, 0) is 37.4 Å². The number of fused-ring (bicyclic) bond motifs is 1. The van der Waals surface area contributed by atoms with Crippen molar-refractivity contribution < 1.29 is 4.79 Å². The number of hydrogen-bond acceptors (Lipinski definition) is 3. The number of benzene rings is 3. The fraction of sp³-hybridized carbons (Fsp3) is 0.367. The lowest BCUT2D eigenvalue weighted by Crippen LogP contribution is -2.40. The highest BCUT2D eigenvalue weighted by Crippen LogP contribution is 2.28. The van der Waals surface area contributed by atoms with Crippen LogP contribution in [0.5, 0.6) is 0 Å². The van der Waals surface area contributed by atoms with Gasteiger partial charge in [0, 0.05) is 54.3 Å². The van der Waals surface area contributed by atoms with Gasteiger partial charge in [0.1, 0.15) is 0 Å². The molecule has 5 rings (SSSR count). The van der Waals surface area contributed by atoms with Gasteiger partial charge in [0.25, 0.3) is 0 Å². The lowest BCUT2D eigenvalue weighted by atomic mass is 9.95. The fourth-order valence-corrected chi connectivity index (χ4v) is 5.82. The van der Waals surface area contributed by atoms with E-state index in [0.29, 0.717) is 16.6 Å². The summed E-state index contributed by atoms with van der Waals surface area (Å²) in [5.41, 5.74) is 6.35. The zero-order valence-electron chi connectivity index (χ0n) is 20.6. The summed E-state index contributed by atoms with van der Waals surface area (Å²) < 4.78 is 0. The Morgan fingerprint density at radius 1 is 0.778 bits per heavy atom. The molecule has 3 aromatic carbocycles. The van der Waals surface area contributed by atoms with E-state index in [4.69, 9.17) is 23.2 Å². The minimum Gasteiger partial charge on any atom is -0.352 e. The molecule has 1 N–H and O–H groups in total. The van der Waals surface area contributed by atoms with Crippen LogP contribution in [0.1, 0.15) is 40.7 Å². The van der Waals surface area contributed by atoms with Crippen LogP contribution in [0, 0.1) is 5.92 Å². The molecule has 1 fully saturated rings. The molecule has 0 spiro atoms. The van der Waals surface area contributed by atoms with E-state index in [9.17, 15) is 4.79 Å². The third-order valence-electron chi connectivity index (χ3n) is 7.51. The number of hydrogen-bond donors (Lipinski definition) is 1. The number of nitrogens with one attached hydrogen (secondary N) is 1. The first-order chi connectivity index (χ1) is 17.5. The van der Waals surface area contributed by atoms with E-state index >= 15 is 0 Å². The van der Waals surface area contributed by atoms with Crippen molar-refractivity contribution in [2.24, 2.45) is 5.92 Å². The van der Waals surface area contributed by atoms with E-state index in [2.05, 4.69) is 63.6 Å². The van der Waals surface area contributed by atoms with E-state index in [1.807, 2.05) is 18.2 Å². The third-order valence-corrected chi connectivity index (χ3v) is 8.22. The first-order valence-electron chi connectivity index (χ1n) is 12.8. The van der Waals surface area contributed by atoms with Crippen molar-refractivity contribution in [1.29, 1.82) is 0 Å². The smallest absolute Gasteiger partial charge is 0.223 e. The molecular weight excluding hydrogens is 489 g/mol. The Hall–Kier alpha value is -2.37. The monoisotopic (exact) mass is 521 g/mol. The van der Waals surface area contributed by atoms with Gasteiger partial charge in [-0.25, -0.2) is 0 Å². The summed E-state index contributed by atoms with van der Waals surface area (Å²) in [6.07, 6.45) is 2.82. The van der Waals surface area contributed by atoms with Gasteiger partial charge in [0.15, 0.2) is 0 Å². The zero-order chi connectivity index (χ0) is 24.9. The zero-order valence-corrected chi connectivity index (χ0v) is 22.1. The fourth-order valence-electron chi connectivity index (χ4n) is 5.30. The lowest BCUT2D eigenvalue weighted by Gasteiger charge is -2.31. The Labute approximate surface area is 224 Å². The first kappa shape index (κ1) is 25.3. The largest absolute Gasteiger partial charge is 0.352 e. The normalized spacial score (nSPS) is 17.1. The number of rotatable bonds is 7. The van der Waals surface area contributed by atoms with Crippen molar-refractivity contribution in [2.75, 3.05) is 19.6 Å². The average molecular weight is 523 g/mol. The molecule has 1 saturated heterocycles. The molecule has 0 radical (unpaired) electrons. The highest BCUT2D eigenvalue weighted by atomic mass is 35.5. The summed E-state index contributed by atoms with van der Waals surface area (Å²) in [7, 11) is 0. The van der Waals surface area contributed by atoms with Gasteiger partial charge in [0.05, 0.1) is 0 Å². The second-order valence-corrected chi connectivity index (χ2v) is 10.8. The number of carbonyl (C=O) groups is 1. The van der Waals surface area contributed by atoms with Crippen LogP contribution in [0.2, 0.25) is 10.0 Å². The van der Waals surface area contributed by atoms with Crippen LogP contribution in [0.15, 0.2) is 66.7 Å². The molecule has 2 aliphatic heterocycles. The molecule has 0 aliphatic carbocycles. The van der Waals surface area contributed by atoms with Crippen molar-refractivity contribution in [3.05, 3.63) is 105 Å². The van der Waals surface area contributed by atoms with Gasteiger partial charge in [-0.05, 0) is 66.7 Å². The molecule has 0 saturated carbocycles. The molecule has 0 aromatic heterocycles. The highest BCUT2D eigenvalue weighted by molar-refractivity contribution is 6.35. The molecule has 36 heavy (non-hydrogen) atoms. The predicted molar refractivity (Wildman–Crippen MR) is 147 cm³/mol. The minimum atomic E-state index is 0.0595. The van der Waals surface area contributed by atoms with Gasteiger partial charge in [-0.2, -0.15) is 0 Å². The number of likely N-dealkylation sites (tertiary alicyclic amines) is 1. The molecule has 1 amide bonds. The van der Waals surface area contributed by atoms with E-state index < -0.39 is 0 Å². The van der Waals surface area contributed by atoms with Crippen molar-refractivity contribution in [3.8, 4) is 0 Å². The topological polar surface area (TPSA) is 35.6 Å². The molecular formula is C30H33Cl2N3O. The molecule has 0 atom stereocenters. The van der Waals surface area contributed by atoms with Gasteiger partial charge in [-0.1, -0.05) is 77.8 Å². The van der Waals surface area contributed by atoms with E-state index in [-0.39, 0.29) is 11.8 Å². The quantitative estimate of drug-likeness (QED) is 0.409. The van der Waals surface area contributed by atoms with E-state index in [0.717, 1.165) is 69.7 Å². The van der Waals surface area contributed by atoms with Gasteiger partial charge in [-0.3, -0.25) is 14.6 Å². The van der Waals surface area contributed by atoms with Crippen LogP contribution in [-0.4, -0.2) is 35.3 Å². The lowest BCUT2D eigenvalue weighted by molar-refractivity contribution is -0.126. The summed E-state index contributed by atoms with van der Waals surface area (Å²) >= 11 is 12.7. The predicted octanol–water partition coefficient (Wildman–Crippen LogP) is 6.08. The Morgan fingerprint density at radius 3 is 2.17 bits per heavy atom. The van der Waals surface area contributed by atoms with Gasteiger partial charge in [-0.15, -0.1) is 0 Å². The first-order valence-corrected chi connectivity index (χ1v) is 13.6. The second kappa shape index (κ2) is 11.8. The minimum absolute atomic E-state index is 0.0595. The van der Waals surface area contributed by atoms with Crippen LogP contribution in [0.25, 0.3) is 0 Å². The molecule has 3 aromatic rings. The number of halogens is 2. The summed E-state index contributed by atoms with van der Waals surface area (Å²) in [6.45, 7) is 6.11. The van der Waals surface area contributed by atoms with Crippen molar-refractivity contribution in [3.63, 3.8) is 0 Å². The summed E-state index contributed by atoms with van der Waals surface area (Å²) in [6, 6.07) is 23.0. The Kier molecular flexibility index (Phi) is 8.28. The summed E-state index contributed by atoms with van der Waals surface area (Å²) in [5.74, 6) is 0.214. The molecule has 0 bridgehead atoms. The van der Waals surface area contributed by atoms with Gasteiger partial charge >= 0.3 is 0 Å². The van der Waals surface area contributed by atoms with Crippen LogP contribution in [0.3, 0.4) is 0 Å². The Balaban J connectivity index is 1.05. The maximum absolute atomic E-state index is 12.8. The molecule has 0 unspecified atom stereocenters. The van der Waals surface area contributed by atoms with E-state index in [1.165, 1.54) is 16.7 Å².